The van der Waals surface area contributed by atoms with Gasteiger partial charge in [0.25, 0.3) is 5.91 Å². The third-order valence-corrected chi connectivity index (χ3v) is 13.8. The van der Waals surface area contributed by atoms with Crippen LogP contribution in [0.25, 0.3) is 22.1 Å². The molecule has 2 saturated heterocycles. The van der Waals surface area contributed by atoms with Crippen LogP contribution < -0.4 is 24.8 Å². The minimum absolute atomic E-state index is 0.0116. The van der Waals surface area contributed by atoms with Crippen LogP contribution in [0, 0.1) is 48.3 Å². The zero-order valence-electron chi connectivity index (χ0n) is 46.3. The Kier molecular flexibility index (Phi) is 17.5. The van der Waals surface area contributed by atoms with E-state index in [0.717, 1.165) is 83.2 Å². The summed E-state index contributed by atoms with van der Waals surface area (Å²) in [6.45, 7) is 12.5. The first-order valence-electron chi connectivity index (χ1n) is 27.1. The van der Waals surface area contributed by atoms with Crippen molar-refractivity contribution in [2.75, 3.05) is 43.9 Å². The number of carbonyl (C=O) groups is 3. The number of fused-ring (bicyclic) bond motifs is 2. The molecule has 0 spiro atoms. The molecular weight excluding hydrogens is 1030 g/mol. The van der Waals surface area contributed by atoms with Crippen LogP contribution in [0.1, 0.15) is 76.0 Å². The number of aliphatic carboxylic acids is 1. The molecule has 81 heavy (non-hydrogen) atoms. The average molecular weight is 1100 g/mol. The maximum absolute atomic E-state index is 12.7. The van der Waals surface area contributed by atoms with E-state index in [1.807, 2.05) is 130 Å². The fraction of sp³-hybridized carbons (Fsp3) is 0.361. The number of carboxylic acids is 1. The second-order valence-corrected chi connectivity index (χ2v) is 21.6. The van der Waals surface area contributed by atoms with E-state index in [4.69, 9.17) is 34.4 Å². The van der Waals surface area contributed by atoms with Crippen molar-refractivity contribution in [3.63, 3.8) is 0 Å². The number of likely N-dealkylation sites (tertiary alicyclic amines) is 2. The number of aromatic nitrogens is 6. The van der Waals surface area contributed by atoms with Gasteiger partial charge >= 0.3 is 12.1 Å². The lowest BCUT2D eigenvalue weighted by atomic mass is 10.2. The number of H-pyrrole nitrogens is 1. The maximum atomic E-state index is 12.7. The number of ether oxygens (including phenoxy) is 4. The minimum atomic E-state index is -1.12. The van der Waals surface area contributed by atoms with Crippen molar-refractivity contribution in [3.05, 3.63) is 137 Å². The van der Waals surface area contributed by atoms with Crippen molar-refractivity contribution in [1.82, 2.24) is 39.7 Å². The summed E-state index contributed by atoms with van der Waals surface area (Å²) in [5.41, 5.74) is 4.33. The van der Waals surface area contributed by atoms with Crippen LogP contribution in [0.5, 0.6) is 28.7 Å². The molecule has 2 atom stereocenters. The lowest BCUT2D eigenvalue weighted by molar-refractivity contribution is -0.132. The summed E-state index contributed by atoms with van der Waals surface area (Å²) in [6, 6.07) is 31.1. The van der Waals surface area contributed by atoms with Crippen molar-refractivity contribution in [2.24, 2.45) is 11.8 Å². The quantitative estimate of drug-likeness (QED) is 0.0549. The van der Waals surface area contributed by atoms with Gasteiger partial charge in [0.2, 0.25) is 0 Å². The van der Waals surface area contributed by atoms with Gasteiger partial charge in [-0.2, -0.15) is 20.7 Å². The van der Waals surface area contributed by atoms with Gasteiger partial charge in [-0.05, 0) is 127 Å². The molecule has 4 aromatic heterocycles. The van der Waals surface area contributed by atoms with Crippen molar-refractivity contribution in [3.8, 4) is 40.9 Å². The number of aromatic amines is 1. The number of hydrogen-bond acceptors (Lipinski definition) is 15. The van der Waals surface area contributed by atoms with Crippen LogP contribution in [0.15, 0.2) is 121 Å². The number of pyridine rings is 2. The first-order chi connectivity index (χ1) is 39.0. The van der Waals surface area contributed by atoms with Crippen LogP contribution in [-0.2, 0) is 20.9 Å². The molecule has 6 heterocycles. The van der Waals surface area contributed by atoms with Gasteiger partial charge in [-0.1, -0.05) is 59.7 Å². The third kappa shape index (κ3) is 15.0. The van der Waals surface area contributed by atoms with Crippen LogP contribution in [0.2, 0.25) is 0 Å². The highest BCUT2D eigenvalue weighted by atomic mass is 16.6. The molecule has 4 N–H and O–H groups in total. The molecule has 2 saturated carbocycles. The van der Waals surface area contributed by atoms with Crippen LogP contribution in [-0.4, -0.2) is 114 Å². The molecule has 418 valence electrons. The van der Waals surface area contributed by atoms with E-state index in [0.29, 0.717) is 79.0 Å². The normalized spacial score (nSPS) is 17.0. The van der Waals surface area contributed by atoms with Gasteiger partial charge in [0, 0.05) is 62.8 Å². The molecule has 4 fully saturated rings. The number of anilines is 2. The van der Waals surface area contributed by atoms with E-state index >= 15 is 0 Å². The number of rotatable bonds is 15. The predicted molar refractivity (Wildman–Crippen MR) is 305 cm³/mol. The van der Waals surface area contributed by atoms with E-state index < -0.39 is 11.6 Å². The van der Waals surface area contributed by atoms with Gasteiger partial charge < -0.3 is 44.5 Å². The molecule has 20 heteroatoms. The number of nitrogens with one attached hydrogen (secondary N) is 3. The van der Waals surface area contributed by atoms with Crippen molar-refractivity contribution >= 4 is 51.7 Å². The van der Waals surface area contributed by atoms with Crippen LogP contribution in [0.3, 0.4) is 0 Å². The van der Waals surface area contributed by atoms with E-state index in [2.05, 4.69) is 36.9 Å². The van der Waals surface area contributed by atoms with Crippen molar-refractivity contribution < 1.29 is 38.4 Å². The number of benzene rings is 3. The molecular formula is C61H66N12O8. The lowest BCUT2D eigenvalue weighted by Gasteiger charge is -2.24. The standard InChI is InChI=1S/C30H35N5O4.C24H24N6O2.C7H7NO2/c1-20-6-10-24(11-7-20)38-25-14-16-31-28-26(25)27(33-35(28)18-21-8-12-23(37-5)13-9-21)32-22-15-17-34(19-22)29(36)39-30(2,3)4;1-15-2-6-19(7-3-15)32-20-8-10-26-22-21(20)23(29-28-22)27-18-9-11-30(14-18)24(31)17(13-25)12-16-4-5-16;8-4-6(7(9)10)3-5-1-2-5/h6-14,16,22H,15,17-19H2,1-5H3,(H,32,33);2-3,6-8,10,12,16,18H,4-5,9,11,14H2,1H3,(H2,26,27,28,29);3,5H,1-2H2,(H,9,10)/b;17-12+;6-3+/t22-;18-;/m11./s1. The Hall–Kier alpha value is -9.43. The zero-order valence-corrected chi connectivity index (χ0v) is 46.3. The van der Waals surface area contributed by atoms with E-state index in [-0.39, 0.29) is 35.2 Å². The largest absolute Gasteiger partial charge is 0.497 e. The van der Waals surface area contributed by atoms with E-state index in [9.17, 15) is 19.6 Å². The molecule has 0 bridgehead atoms. The highest BCUT2D eigenvalue weighted by molar-refractivity contribution is 5.98. The number of nitrogens with zero attached hydrogens (tertiary/aromatic N) is 9. The Bertz CT molecular complexity index is 3530. The Labute approximate surface area is 470 Å². The monoisotopic (exact) mass is 1090 g/mol. The fourth-order valence-electron chi connectivity index (χ4n) is 9.15. The number of hydrogen-bond donors (Lipinski definition) is 4. The number of nitriles is 2. The molecule has 0 radical (unpaired) electrons. The fourth-order valence-corrected chi connectivity index (χ4v) is 9.15. The Morgan fingerprint density at radius 3 is 1.79 bits per heavy atom. The van der Waals surface area contributed by atoms with E-state index in [1.54, 1.807) is 35.4 Å². The Morgan fingerprint density at radius 1 is 0.704 bits per heavy atom. The van der Waals surface area contributed by atoms with Crippen LogP contribution in [0.4, 0.5) is 16.4 Å². The average Bonchev–Trinajstić information content (AvgIpc) is 4.31. The summed E-state index contributed by atoms with van der Waals surface area (Å²) in [5, 5.41) is 46.9. The molecule has 2 aliphatic heterocycles. The number of aryl methyl sites for hydroxylation is 2. The summed E-state index contributed by atoms with van der Waals surface area (Å²) in [4.78, 5) is 48.1. The summed E-state index contributed by atoms with van der Waals surface area (Å²) in [5.74, 6) is 4.34. The van der Waals surface area contributed by atoms with Gasteiger partial charge in [-0.3, -0.25) is 9.89 Å². The molecule has 2 aliphatic carbocycles. The highest BCUT2D eigenvalue weighted by Crippen LogP contribution is 2.37. The number of allylic oxidation sites excluding steroid dienone is 2. The molecule has 4 aliphatic rings. The molecule has 7 aromatic rings. The van der Waals surface area contributed by atoms with E-state index in [1.165, 1.54) is 6.08 Å². The molecule has 0 unspecified atom stereocenters. The number of amides is 2. The number of carbonyl (C=O) groups excluding carboxylic acids is 2. The number of methoxy groups -OCH3 is 1. The summed E-state index contributed by atoms with van der Waals surface area (Å²) < 4.78 is 25.2. The van der Waals surface area contributed by atoms with Gasteiger partial charge in [0.05, 0.1) is 13.7 Å². The summed E-state index contributed by atoms with van der Waals surface area (Å²) in [7, 11) is 1.65. The summed E-state index contributed by atoms with van der Waals surface area (Å²) in [6.07, 6.45) is 12.2. The number of carboxylic acid groups (broad SMARTS) is 1. The molecule has 2 amide bonds. The lowest BCUT2D eigenvalue weighted by Crippen LogP contribution is -2.36. The second-order valence-electron chi connectivity index (χ2n) is 21.6. The minimum Gasteiger partial charge on any atom is -0.497 e. The first-order valence-corrected chi connectivity index (χ1v) is 27.1. The zero-order chi connectivity index (χ0) is 57.2. The smallest absolute Gasteiger partial charge is 0.410 e. The summed E-state index contributed by atoms with van der Waals surface area (Å²) >= 11 is 0. The van der Waals surface area contributed by atoms with Crippen molar-refractivity contribution in [2.45, 2.75) is 97.4 Å². The predicted octanol–water partition coefficient (Wildman–Crippen LogP) is 10.9. The maximum Gasteiger partial charge on any atom is 0.410 e. The third-order valence-electron chi connectivity index (χ3n) is 13.8. The van der Waals surface area contributed by atoms with Gasteiger partial charge in [0.15, 0.2) is 22.9 Å². The molecule has 3 aromatic carbocycles. The SMILES string of the molecule is COc1ccc(Cn2nc(N[C@@H]3CCN(C(=O)OC(C)(C)C)C3)c3c(Oc4ccc(C)cc4)ccnc32)cc1.Cc1ccc(Oc2ccnc3[nH]nc(N[C@@H]4CCN(C(=O)/C(C#N)=C/C5CC5)C4)c23)cc1.N#C/C(=C\C1CC1)C(=O)O. The molecule has 20 nitrogen and oxygen atoms in total. The van der Waals surface area contributed by atoms with Gasteiger partial charge in [-0.15, -0.1) is 0 Å². The Morgan fingerprint density at radius 2 is 1.23 bits per heavy atom. The topological polar surface area (TPSA) is 259 Å². The molecule has 11 rings (SSSR count). The highest BCUT2D eigenvalue weighted by Gasteiger charge is 2.33. The van der Waals surface area contributed by atoms with Gasteiger partial charge in [-0.25, -0.2) is 24.2 Å². The first kappa shape index (κ1) is 56.3. The van der Waals surface area contributed by atoms with Gasteiger partial charge in [0.1, 0.15) is 68.4 Å². The van der Waals surface area contributed by atoms with Crippen LogP contribution >= 0.6 is 0 Å². The Balaban J connectivity index is 0.000000169. The van der Waals surface area contributed by atoms with Crippen molar-refractivity contribution in [1.29, 1.82) is 10.5 Å². The second kappa shape index (κ2) is 25.1.